The van der Waals surface area contributed by atoms with Crippen LogP contribution in [0.3, 0.4) is 0 Å². The van der Waals surface area contributed by atoms with Gasteiger partial charge in [-0.1, -0.05) is 12.1 Å². The number of fused-ring (bicyclic) bond motifs is 3. The Morgan fingerprint density at radius 2 is 1.75 bits per heavy atom. The molecule has 0 aliphatic heterocycles. The van der Waals surface area contributed by atoms with Crippen LogP contribution < -0.4 is 11.2 Å². The average Bonchev–Trinajstić information content (AvgIpc) is 3.17. The maximum atomic E-state index is 13.2. The summed E-state index contributed by atoms with van der Waals surface area (Å²) in [5.41, 5.74) is 1.98. The molecule has 0 aliphatic rings. The van der Waals surface area contributed by atoms with Crippen molar-refractivity contribution >= 4 is 16.9 Å². The van der Waals surface area contributed by atoms with Gasteiger partial charge in [0.15, 0.2) is 11.2 Å². The van der Waals surface area contributed by atoms with Crippen LogP contribution in [0.5, 0.6) is 0 Å². The number of aliphatic hydroxyl groups excluding tert-OH is 1. The van der Waals surface area contributed by atoms with Gasteiger partial charge in [-0.3, -0.25) is 18.3 Å². The molecule has 4 rings (SSSR count). The van der Waals surface area contributed by atoms with E-state index in [1.54, 1.807) is 23.6 Å². The smallest absolute Gasteiger partial charge is 0.332 e. The second-order valence-corrected chi connectivity index (χ2v) is 6.82. The standard InChI is InChI=1S/C19H20FN5O3/c1-11-12(2)25-15-16(21-18(25)23(11)8-9-26)22(3)19(28)24(17(15)27)10-13-4-6-14(20)7-5-13/h4-7,26H,8-10H2,1-3H3. The molecule has 0 bridgehead atoms. The highest BCUT2D eigenvalue weighted by Crippen LogP contribution is 2.20. The van der Waals surface area contributed by atoms with Crippen molar-refractivity contribution < 1.29 is 9.50 Å². The molecule has 3 aromatic heterocycles. The lowest BCUT2D eigenvalue weighted by atomic mass is 10.2. The van der Waals surface area contributed by atoms with E-state index >= 15 is 0 Å². The van der Waals surface area contributed by atoms with Gasteiger partial charge in [-0.25, -0.2) is 9.18 Å². The van der Waals surface area contributed by atoms with Crippen LogP contribution in [0.1, 0.15) is 17.0 Å². The molecule has 0 spiro atoms. The molecular formula is C19H20FN5O3. The van der Waals surface area contributed by atoms with Crippen LogP contribution >= 0.6 is 0 Å². The highest BCUT2D eigenvalue weighted by molar-refractivity contribution is 5.76. The normalized spacial score (nSPS) is 11.8. The lowest BCUT2D eigenvalue weighted by Crippen LogP contribution is -2.39. The number of hydrogen-bond acceptors (Lipinski definition) is 4. The first-order chi connectivity index (χ1) is 13.3. The number of imidazole rings is 2. The van der Waals surface area contributed by atoms with E-state index in [0.29, 0.717) is 23.4 Å². The van der Waals surface area contributed by atoms with E-state index in [1.165, 1.54) is 16.7 Å². The Balaban J connectivity index is 2.04. The topological polar surface area (TPSA) is 86.5 Å². The Morgan fingerprint density at radius 3 is 2.39 bits per heavy atom. The van der Waals surface area contributed by atoms with Crippen molar-refractivity contribution in [1.82, 2.24) is 23.1 Å². The van der Waals surface area contributed by atoms with Gasteiger partial charge in [0.05, 0.1) is 13.2 Å². The number of aromatic nitrogens is 5. The van der Waals surface area contributed by atoms with Crippen molar-refractivity contribution in [3.05, 3.63) is 67.9 Å². The van der Waals surface area contributed by atoms with Crippen molar-refractivity contribution in [3.8, 4) is 0 Å². The summed E-state index contributed by atoms with van der Waals surface area (Å²) in [7, 11) is 1.57. The van der Waals surface area contributed by atoms with E-state index in [2.05, 4.69) is 4.98 Å². The summed E-state index contributed by atoms with van der Waals surface area (Å²) in [5, 5.41) is 9.36. The zero-order chi connectivity index (χ0) is 20.2. The molecule has 0 unspecified atom stereocenters. The molecule has 0 radical (unpaired) electrons. The van der Waals surface area contributed by atoms with E-state index in [0.717, 1.165) is 16.0 Å². The third-order valence-corrected chi connectivity index (χ3v) is 5.21. The molecule has 0 saturated heterocycles. The Morgan fingerprint density at radius 1 is 1.07 bits per heavy atom. The molecule has 9 heteroatoms. The number of rotatable bonds is 4. The predicted octanol–water partition coefficient (Wildman–Crippen LogP) is 0.946. The summed E-state index contributed by atoms with van der Waals surface area (Å²) in [6.45, 7) is 4.06. The second kappa shape index (κ2) is 6.45. The quantitative estimate of drug-likeness (QED) is 0.567. The molecule has 146 valence electrons. The van der Waals surface area contributed by atoms with Crippen LogP contribution in [-0.4, -0.2) is 34.8 Å². The van der Waals surface area contributed by atoms with Crippen molar-refractivity contribution in [3.63, 3.8) is 0 Å². The van der Waals surface area contributed by atoms with Gasteiger partial charge in [-0.2, -0.15) is 4.98 Å². The molecule has 1 aromatic carbocycles. The summed E-state index contributed by atoms with van der Waals surface area (Å²) in [5.74, 6) is 0.124. The van der Waals surface area contributed by atoms with Crippen molar-refractivity contribution in [1.29, 1.82) is 0 Å². The van der Waals surface area contributed by atoms with Gasteiger partial charge in [0.25, 0.3) is 5.56 Å². The van der Waals surface area contributed by atoms with Gasteiger partial charge in [0.1, 0.15) is 5.82 Å². The molecule has 28 heavy (non-hydrogen) atoms. The molecule has 1 N–H and O–H groups in total. The van der Waals surface area contributed by atoms with E-state index in [9.17, 15) is 19.1 Å². The zero-order valence-corrected chi connectivity index (χ0v) is 15.8. The summed E-state index contributed by atoms with van der Waals surface area (Å²) >= 11 is 0. The maximum absolute atomic E-state index is 13.2. The minimum atomic E-state index is -0.495. The monoisotopic (exact) mass is 385 g/mol. The van der Waals surface area contributed by atoms with Gasteiger partial charge in [0.2, 0.25) is 5.78 Å². The number of aliphatic hydroxyl groups is 1. The molecule has 8 nitrogen and oxygen atoms in total. The third kappa shape index (κ3) is 2.50. The molecule has 0 amide bonds. The number of nitrogens with zero attached hydrogens (tertiary/aromatic N) is 5. The van der Waals surface area contributed by atoms with Crippen molar-refractivity contribution in [2.24, 2.45) is 7.05 Å². The van der Waals surface area contributed by atoms with Crippen LogP contribution in [0.25, 0.3) is 16.9 Å². The van der Waals surface area contributed by atoms with Gasteiger partial charge in [-0.15, -0.1) is 0 Å². The highest BCUT2D eigenvalue weighted by Gasteiger charge is 2.22. The average molecular weight is 385 g/mol. The van der Waals surface area contributed by atoms with Crippen LogP contribution in [0.4, 0.5) is 4.39 Å². The number of halogens is 1. The molecule has 0 saturated carbocycles. The summed E-state index contributed by atoms with van der Waals surface area (Å²) < 4.78 is 19.2. The van der Waals surface area contributed by atoms with E-state index in [1.807, 2.05) is 18.4 Å². The number of hydrogen-bond donors (Lipinski definition) is 1. The first kappa shape index (κ1) is 18.2. The molecule has 3 heterocycles. The second-order valence-electron chi connectivity index (χ2n) is 6.82. The van der Waals surface area contributed by atoms with E-state index < -0.39 is 11.2 Å². The van der Waals surface area contributed by atoms with E-state index in [4.69, 9.17) is 0 Å². The zero-order valence-electron chi connectivity index (χ0n) is 15.8. The largest absolute Gasteiger partial charge is 0.395 e. The first-order valence-corrected chi connectivity index (χ1v) is 8.88. The fourth-order valence-corrected chi connectivity index (χ4v) is 3.59. The Hall–Kier alpha value is -3.20. The lowest BCUT2D eigenvalue weighted by molar-refractivity contribution is 0.276. The van der Waals surface area contributed by atoms with Gasteiger partial charge >= 0.3 is 5.69 Å². The van der Waals surface area contributed by atoms with Gasteiger partial charge in [0, 0.05) is 25.0 Å². The highest BCUT2D eigenvalue weighted by atomic mass is 19.1. The predicted molar refractivity (Wildman–Crippen MR) is 102 cm³/mol. The van der Waals surface area contributed by atoms with Crippen LogP contribution in [0.2, 0.25) is 0 Å². The lowest BCUT2D eigenvalue weighted by Gasteiger charge is -2.09. The van der Waals surface area contributed by atoms with Crippen LogP contribution in [0.15, 0.2) is 33.9 Å². The summed E-state index contributed by atoms with van der Waals surface area (Å²) in [6, 6.07) is 5.68. The summed E-state index contributed by atoms with van der Waals surface area (Å²) in [6.07, 6.45) is 0. The Bertz CT molecular complexity index is 1320. The first-order valence-electron chi connectivity index (χ1n) is 8.88. The van der Waals surface area contributed by atoms with Crippen LogP contribution in [-0.2, 0) is 20.1 Å². The fraction of sp³-hybridized carbons (Fsp3) is 0.316. The maximum Gasteiger partial charge on any atom is 0.332 e. The van der Waals surface area contributed by atoms with E-state index in [-0.39, 0.29) is 24.6 Å². The van der Waals surface area contributed by atoms with Gasteiger partial charge in [-0.05, 0) is 31.5 Å². The molecule has 0 fully saturated rings. The Kier molecular flexibility index (Phi) is 4.19. The minimum Gasteiger partial charge on any atom is -0.395 e. The molecule has 0 atom stereocenters. The van der Waals surface area contributed by atoms with Gasteiger partial charge < -0.3 is 9.67 Å². The van der Waals surface area contributed by atoms with Crippen molar-refractivity contribution in [2.75, 3.05) is 6.61 Å². The molecule has 0 aliphatic carbocycles. The molecule has 4 aromatic rings. The Labute approximate surface area is 158 Å². The number of benzene rings is 1. The SMILES string of the molecule is Cc1c(C)n2c3c(=O)n(Cc4ccc(F)cc4)c(=O)n(C)c3nc2n1CCO. The van der Waals surface area contributed by atoms with Crippen LogP contribution in [0, 0.1) is 19.7 Å². The minimum absolute atomic E-state index is 0.0321. The van der Waals surface area contributed by atoms with Crippen molar-refractivity contribution in [2.45, 2.75) is 26.9 Å². The third-order valence-electron chi connectivity index (χ3n) is 5.21. The molecular weight excluding hydrogens is 365 g/mol. The number of aryl methyl sites for hydroxylation is 2. The fourth-order valence-electron chi connectivity index (χ4n) is 3.59. The summed E-state index contributed by atoms with van der Waals surface area (Å²) in [4.78, 5) is 30.5.